The molecule has 3 rings (SSSR count). The number of benzene rings is 2. The van der Waals surface area contributed by atoms with Crippen molar-refractivity contribution in [1.82, 2.24) is 4.57 Å². The molecule has 138 valence electrons. The highest BCUT2D eigenvalue weighted by Gasteiger charge is 2.17. The number of hydrogen-bond acceptors (Lipinski definition) is 2. The van der Waals surface area contributed by atoms with E-state index in [2.05, 4.69) is 34.3 Å². The van der Waals surface area contributed by atoms with E-state index >= 15 is 0 Å². The van der Waals surface area contributed by atoms with Crippen LogP contribution in [-0.2, 0) is 4.79 Å². The number of carbonyl (C=O) groups excluding carboxylic acids is 2. The zero-order valence-electron chi connectivity index (χ0n) is 16.0. The molecule has 0 bridgehead atoms. The summed E-state index contributed by atoms with van der Waals surface area (Å²) >= 11 is 0. The van der Waals surface area contributed by atoms with Gasteiger partial charge in [0.05, 0.1) is 5.56 Å². The second kappa shape index (κ2) is 7.50. The van der Waals surface area contributed by atoms with Crippen LogP contribution in [0, 0.1) is 20.8 Å². The Morgan fingerprint density at radius 2 is 1.44 bits per heavy atom. The number of nitrogens with zero attached hydrogens (tertiary/aromatic N) is 1. The van der Waals surface area contributed by atoms with Crippen molar-refractivity contribution in [1.29, 1.82) is 0 Å². The number of anilines is 2. The van der Waals surface area contributed by atoms with Gasteiger partial charge in [-0.25, -0.2) is 0 Å². The Morgan fingerprint density at radius 1 is 0.852 bits per heavy atom. The minimum Gasteiger partial charge on any atom is -0.326 e. The Kier molecular flexibility index (Phi) is 5.12. The summed E-state index contributed by atoms with van der Waals surface area (Å²) in [7, 11) is 0. The first-order valence-corrected chi connectivity index (χ1v) is 8.81. The van der Waals surface area contributed by atoms with E-state index < -0.39 is 0 Å². The van der Waals surface area contributed by atoms with Gasteiger partial charge >= 0.3 is 0 Å². The van der Waals surface area contributed by atoms with Crippen molar-refractivity contribution in [3.05, 3.63) is 77.1 Å². The van der Waals surface area contributed by atoms with Crippen molar-refractivity contribution >= 4 is 23.2 Å². The molecule has 2 aromatic carbocycles. The van der Waals surface area contributed by atoms with Crippen LogP contribution in [0.1, 0.15) is 34.2 Å². The molecule has 5 heteroatoms. The van der Waals surface area contributed by atoms with E-state index in [1.54, 1.807) is 24.3 Å². The summed E-state index contributed by atoms with van der Waals surface area (Å²) in [6, 6.07) is 17.1. The highest BCUT2D eigenvalue weighted by atomic mass is 16.2. The molecule has 0 aliphatic carbocycles. The molecule has 0 unspecified atom stereocenters. The van der Waals surface area contributed by atoms with Crippen LogP contribution in [0.3, 0.4) is 0 Å². The number of para-hydroxylation sites is 1. The third-order valence-corrected chi connectivity index (χ3v) is 4.50. The van der Waals surface area contributed by atoms with Crippen LogP contribution in [-0.4, -0.2) is 16.4 Å². The van der Waals surface area contributed by atoms with E-state index in [1.165, 1.54) is 6.92 Å². The molecule has 3 aromatic rings. The molecule has 27 heavy (non-hydrogen) atoms. The standard InChI is InChI=1S/C22H23N3O2/c1-14-7-5-6-8-21(14)25-15(2)13-20(16(25)3)22(27)24-19-11-9-18(10-12-19)23-17(4)26/h5-13H,1-4H3,(H,23,26)(H,24,27). The maximum absolute atomic E-state index is 12.8. The first kappa shape index (κ1) is 18.5. The lowest BCUT2D eigenvalue weighted by Crippen LogP contribution is -2.13. The highest BCUT2D eigenvalue weighted by molar-refractivity contribution is 6.05. The lowest BCUT2D eigenvalue weighted by atomic mass is 10.2. The van der Waals surface area contributed by atoms with Crippen LogP contribution in [0.4, 0.5) is 11.4 Å². The van der Waals surface area contributed by atoms with Crippen molar-refractivity contribution < 1.29 is 9.59 Å². The van der Waals surface area contributed by atoms with Gasteiger partial charge in [-0.1, -0.05) is 18.2 Å². The van der Waals surface area contributed by atoms with E-state index in [4.69, 9.17) is 0 Å². The number of aromatic nitrogens is 1. The molecular formula is C22H23N3O2. The van der Waals surface area contributed by atoms with Crippen LogP contribution in [0.25, 0.3) is 5.69 Å². The molecule has 0 spiro atoms. The van der Waals surface area contributed by atoms with Gasteiger partial charge in [0.1, 0.15) is 0 Å². The van der Waals surface area contributed by atoms with Gasteiger partial charge in [0.15, 0.2) is 0 Å². The predicted molar refractivity (Wildman–Crippen MR) is 109 cm³/mol. The molecular weight excluding hydrogens is 338 g/mol. The van der Waals surface area contributed by atoms with Crippen LogP contribution in [0.15, 0.2) is 54.6 Å². The first-order chi connectivity index (χ1) is 12.9. The smallest absolute Gasteiger partial charge is 0.257 e. The molecule has 0 radical (unpaired) electrons. The molecule has 0 aliphatic heterocycles. The van der Waals surface area contributed by atoms with Gasteiger partial charge < -0.3 is 15.2 Å². The van der Waals surface area contributed by atoms with Crippen LogP contribution < -0.4 is 10.6 Å². The summed E-state index contributed by atoms with van der Waals surface area (Å²) in [6.45, 7) is 7.47. The summed E-state index contributed by atoms with van der Waals surface area (Å²) < 4.78 is 2.10. The summed E-state index contributed by atoms with van der Waals surface area (Å²) in [4.78, 5) is 23.9. The van der Waals surface area contributed by atoms with Crippen molar-refractivity contribution in [2.75, 3.05) is 10.6 Å². The molecule has 0 saturated heterocycles. The Morgan fingerprint density at radius 3 is 2.04 bits per heavy atom. The van der Waals surface area contributed by atoms with Crippen LogP contribution >= 0.6 is 0 Å². The number of rotatable bonds is 4. The normalized spacial score (nSPS) is 10.5. The average molecular weight is 361 g/mol. The largest absolute Gasteiger partial charge is 0.326 e. The summed E-state index contributed by atoms with van der Waals surface area (Å²) in [6.07, 6.45) is 0. The zero-order valence-corrected chi connectivity index (χ0v) is 16.0. The van der Waals surface area contributed by atoms with Gasteiger partial charge in [0.2, 0.25) is 5.91 Å². The topological polar surface area (TPSA) is 63.1 Å². The molecule has 2 N–H and O–H groups in total. The van der Waals surface area contributed by atoms with Crippen LogP contribution in [0.2, 0.25) is 0 Å². The molecule has 0 saturated carbocycles. The fraction of sp³-hybridized carbons (Fsp3) is 0.182. The van der Waals surface area contributed by atoms with Crippen molar-refractivity contribution in [2.24, 2.45) is 0 Å². The minimum atomic E-state index is -0.157. The number of carbonyl (C=O) groups is 2. The van der Waals surface area contributed by atoms with Gasteiger partial charge in [0.25, 0.3) is 5.91 Å². The molecule has 0 fully saturated rings. The van der Waals surface area contributed by atoms with E-state index in [9.17, 15) is 9.59 Å². The van der Waals surface area contributed by atoms with Crippen molar-refractivity contribution in [3.63, 3.8) is 0 Å². The van der Waals surface area contributed by atoms with E-state index in [-0.39, 0.29) is 11.8 Å². The number of nitrogens with one attached hydrogen (secondary N) is 2. The maximum atomic E-state index is 12.8. The van der Waals surface area contributed by atoms with E-state index in [1.807, 2.05) is 32.0 Å². The maximum Gasteiger partial charge on any atom is 0.257 e. The van der Waals surface area contributed by atoms with Gasteiger partial charge in [0, 0.05) is 35.4 Å². The van der Waals surface area contributed by atoms with Gasteiger partial charge in [-0.15, -0.1) is 0 Å². The first-order valence-electron chi connectivity index (χ1n) is 8.81. The van der Waals surface area contributed by atoms with Gasteiger partial charge in [-0.2, -0.15) is 0 Å². The van der Waals surface area contributed by atoms with Gasteiger partial charge in [-0.3, -0.25) is 9.59 Å². The molecule has 1 heterocycles. The van der Waals surface area contributed by atoms with E-state index in [0.717, 1.165) is 22.6 Å². The minimum absolute atomic E-state index is 0.129. The second-order valence-electron chi connectivity index (χ2n) is 6.62. The second-order valence-corrected chi connectivity index (χ2v) is 6.62. The van der Waals surface area contributed by atoms with Crippen LogP contribution in [0.5, 0.6) is 0 Å². The summed E-state index contributed by atoms with van der Waals surface area (Å²) in [5, 5.41) is 5.63. The third kappa shape index (κ3) is 3.92. The zero-order chi connectivity index (χ0) is 19.6. The van der Waals surface area contributed by atoms with Crippen molar-refractivity contribution in [2.45, 2.75) is 27.7 Å². The summed E-state index contributed by atoms with van der Waals surface area (Å²) in [5.74, 6) is -0.286. The number of aryl methyl sites for hydroxylation is 2. The molecule has 0 aliphatic rings. The molecule has 0 atom stereocenters. The molecule has 5 nitrogen and oxygen atoms in total. The Bertz CT molecular complexity index is 1000. The quantitative estimate of drug-likeness (QED) is 0.712. The lowest BCUT2D eigenvalue weighted by Gasteiger charge is -2.13. The molecule has 2 amide bonds. The monoisotopic (exact) mass is 361 g/mol. The summed E-state index contributed by atoms with van der Waals surface area (Å²) in [5.41, 5.74) is 6.14. The van der Waals surface area contributed by atoms with E-state index in [0.29, 0.717) is 16.9 Å². The third-order valence-electron chi connectivity index (χ3n) is 4.50. The predicted octanol–water partition coefficient (Wildman–Crippen LogP) is 4.61. The molecule has 1 aromatic heterocycles. The Hall–Kier alpha value is -3.34. The average Bonchev–Trinajstić information content (AvgIpc) is 2.91. The SMILES string of the molecule is CC(=O)Nc1ccc(NC(=O)c2cc(C)n(-c3ccccc3C)c2C)cc1. The van der Waals surface area contributed by atoms with Gasteiger partial charge in [-0.05, 0) is 62.7 Å². The van der Waals surface area contributed by atoms with Crippen molar-refractivity contribution in [3.8, 4) is 5.69 Å². The number of amides is 2. The Labute approximate surface area is 159 Å². The lowest BCUT2D eigenvalue weighted by molar-refractivity contribution is -0.114. The fourth-order valence-corrected chi connectivity index (χ4v) is 3.22. The fourth-order valence-electron chi connectivity index (χ4n) is 3.22. The number of hydrogen-bond donors (Lipinski definition) is 2. The Balaban J connectivity index is 1.85. The highest BCUT2D eigenvalue weighted by Crippen LogP contribution is 2.24.